The predicted octanol–water partition coefficient (Wildman–Crippen LogP) is 4.17. The van der Waals surface area contributed by atoms with E-state index in [0.717, 1.165) is 29.9 Å². The number of aromatic nitrogens is 2. The summed E-state index contributed by atoms with van der Waals surface area (Å²) < 4.78 is 15.3. The van der Waals surface area contributed by atoms with Crippen molar-refractivity contribution in [2.45, 2.75) is 52.0 Å². The van der Waals surface area contributed by atoms with Crippen LogP contribution in [0.15, 0.2) is 29.1 Å². The summed E-state index contributed by atoms with van der Waals surface area (Å²) in [6.45, 7) is 3.88. The van der Waals surface area contributed by atoms with Gasteiger partial charge >= 0.3 is 0 Å². The van der Waals surface area contributed by atoms with E-state index in [1.807, 2.05) is 13.8 Å². The molecule has 1 saturated carbocycles. The molecule has 1 heterocycles. The van der Waals surface area contributed by atoms with E-state index in [-0.39, 0.29) is 11.4 Å². The predicted molar refractivity (Wildman–Crippen MR) is 85.5 cm³/mol. The molecule has 0 aliphatic heterocycles. The Bertz CT molecular complexity index is 728. The minimum absolute atomic E-state index is 0.228. The average molecular weight is 300 g/mol. The average Bonchev–Trinajstić information content (AvgIpc) is 2.50. The van der Waals surface area contributed by atoms with Crippen molar-refractivity contribution in [2.24, 2.45) is 0 Å². The van der Waals surface area contributed by atoms with Crippen molar-refractivity contribution >= 4 is 0 Å². The van der Waals surface area contributed by atoms with Crippen LogP contribution in [0.3, 0.4) is 0 Å². The van der Waals surface area contributed by atoms with E-state index in [1.54, 1.807) is 12.1 Å². The maximum atomic E-state index is 13.1. The van der Waals surface area contributed by atoms with Gasteiger partial charge in [0.1, 0.15) is 11.6 Å². The van der Waals surface area contributed by atoms with Crippen LogP contribution in [0.5, 0.6) is 0 Å². The van der Waals surface area contributed by atoms with Gasteiger partial charge in [-0.15, -0.1) is 0 Å². The summed E-state index contributed by atoms with van der Waals surface area (Å²) in [5.41, 5.74) is 2.04. The molecule has 0 amide bonds. The first-order chi connectivity index (χ1) is 10.6. The molecule has 1 aromatic heterocycles. The van der Waals surface area contributed by atoms with Gasteiger partial charge in [0, 0.05) is 11.7 Å². The molecule has 4 heteroatoms. The molecule has 3 nitrogen and oxygen atoms in total. The monoisotopic (exact) mass is 300 g/mol. The number of aryl methyl sites for hydroxylation is 1. The Labute approximate surface area is 129 Å². The van der Waals surface area contributed by atoms with Gasteiger partial charge in [-0.25, -0.2) is 4.39 Å². The Morgan fingerprint density at radius 1 is 1.09 bits per heavy atom. The van der Waals surface area contributed by atoms with Crippen LogP contribution in [0.25, 0.3) is 11.1 Å². The van der Waals surface area contributed by atoms with Gasteiger partial charge in [0.2, 0.25) is 0 Å². The quantitative estimate of drug-likeness (QED) is 0.834. The Balaban J connectivity index is 2.14. The first-order valence-corrected chi connectivity index (χ1v) is 7.93. The van der Waals surface area contributed by atoms with E-state index in [4.69, 9.17) is 0 Å². The Kier molecular flexibility index (Phi) is 4.10. The third-order valence-corrected chi connectivity index (χ3v) is 4.62. The minimum atomic E-state index is -0.297. The lowest BCUT2D eigenvalue weighted by molar-refractivity contribution is 0.339. The minimum Gasteiger partial charge on any atom is -0.330 e. The van der Waals surface area contributed by atoms with Crippen molar-refractivity contribution in [1.82, 2.24) is 9.55 Å². The van der Waals surface area contributed by atoms with Crippen molar-refractivity contribution in [3.63, 3.8) is 0 Å². The first-order valence-electron chi connectivity index (χ1n) is 7.93. The van der Waals surface area contributed by atoms with Gasteiger partial charge in [0.25, 0.3) is 5.56 Å². The lowest BCUT2D eigenvalue weighted by Crippen LogP contribution is -2.25. The van der Waals surface area contributed by atoms with Crippen LogP contribution in [-0.2, 0) is 0 Å². The zero-order valence-electron chi connectivity index (χ0n) is 13.1. The number of hydrogen-bond acceptors (Lipinski definition) is 2. The van der Waals surface area contributed by atoms with Crippen molar-refractivity contribution in [1.29, 1.82) is 0 Å². The third kappa shape index (κ3) is 2.70. The summed E-state index contributed by atoms with van der Waals surface area (Å²) in [6.07, 6.45) is 6.00. The molecule has 0 bridgehead atoms. The zero-order chi connectivity index (χ0) is 15.7. The van der Waals surface area contributed by atoms with Gasteiger partial charge < -0.3 is 4.57 Å². The normalized spacial score (nSPS) is 16.0. The molecule has 1 aliphatic carbocycles. The van der Waals surface area contributed by atoms with Crippen LogP contribution in [0.2, 0.25) is 0 Å². The van der Waals surface area contributed by atoms with Crippen LogP contribution in [0.4, 0.5) is 4.39 Å². The number of halogens is 1. The van der Waals surface area contributed by atoms with Gasteiger partial charge in [-0.2, -0.15) is 4.98 Å². The molecule has 1 aromatic carbocycles. The maximum absolute atomic E-state index is 13.1. The molecule has 0 saturated heterocycles. The second-order valence-electron chi connectivity index (χ2n) is 6.09. The molecule has 0 unspecified atom stereocenters. The van der Waals surface area contributed by atoms with Crippen LogP contribution in [0.1, 0.15) is 49.7 Å². The molecule has 116 valence electrons. The Morgan fingerprint density at radius 2 is 1.73 bits per heavy atom. The second-order valence-corrected chi connectivity index (χ2v) is 6.09. The van der Waals surface area contributed by atoms with Gasteiger partial charge in [-0.05, 0) is 44.4 Å². The van der Waals surface area contributed by atoms with Gasteiger partial charge in [0.15, 0.2) is 0 Å². The summed E-state index contributed by atoms with van der Waals surface area (Å²) in [4.78, 5) is 16.6. The van der Waals surface area contributed by atoms with E-state index in [9.17, 15) is 9.18 Å². The summed E-state index contributed by atoms with van der Waals surface area (Å²) in [5.74, 6) is 0.481. The molecule has 1 fully saturated rings. The molecule has 1 aliphatic rings. The number of hydrogen-bond donors (Lipinski definition) is 0. The number of nitrogens with zero attached hydrogens (tertiary/aromatic N) is 2. The molecule has 0 atom stereocenters. The number of benzene rings is 1. The zero-order valence-corrected chi connectivity index (χ0v) is 13.1. The second kappa shape index (κ2) is 6.03. The molecule has 0 spiro atoms. The first kappa shape index (κ1) is 14.9. The third-order valence-electron chi connectivity index (χ3n) is 4.62. The Morgan fingerprint density at radius 3 is 2.36 bits per heavy atom. The lowest BCUT2D eigenvalue weighted by atomic mass is 9.94. The fraction of sp³-hybridized carbons (Fsp3) is 0.444. The molecule has 2 aromatic rings. The van der Waals surface area contributed by atoms with E-state index in [2.05, 4.69) is 9.55 Å². The van der Waals surface area contributed by atoms with Crippen LogP contribution in [0, 0.1) is 19.7 Å². The molecule has 22 heavy (non-hydrogen) atoms. The van der Waals surface area contributed by atoms with Gasteiger partial charge in [-0.3, -0.25) is 4.79 Å². The standard InChI is InChI=1S/C18H21FN2O/c1-12-17(14-8-10-15(19)11-9-14)18(22)20-13(2)21(12)16-6-4-3-5-7-16/h8-11,16H,3-7H2,1-2H3. The lowest BCUT2D eigenvalue weighted by Gasteiger charge is -2.29. The number of rotatable bonds is 2. The molecule has 0 radical (unpaired) electrons. The van der Waals surface area contributed by atoms with Crippen molar-refractivity contribution in [2.75, 3.05) is 0 Å². The van der Waals surface area contributed by atoms with Crippen LogP contribution in [-0.4, -0.2) is 9.55 Å². The van der Waals surface area contributed by atoms with Crippen LogP contribution < -0.4 is 5.56 Å². The highest BCUT2D eigenvalue weighted by molar-refractivity contribution is 5.64. The summed E-state index contributed by atoms with van der Waals surface area (Å²) in [5, 5.41) is 0. The highest BCUT2D eigenvalue weighted by Crippen LogP contribution is 2.31. The molecule has 3 rings (SSSR count). The maximum Gasteiger partial charge on any atom is 0.281 e. The van der Waals surface area contributed by atoms with Gasteiger partial charge in [0.05, 0.1) is 5.56 Å². The van der Waals surface area contributed by atoms with Crippen LogP contribution >= 0.6 is 0 Å². The van der Waals surface area contributed by atoms with E-state index in [1.165, 1.54) is 31.4 Å². The van der Waals surface area contributed by atoms with E-state index >= 15 is 0 Å². The highest BCUT2D eigenvalue weighted by Gasteiger charge is 2.21. The molecular formula is C18H21FN2O. The van der Waals surface area contributed by atoms with Crippen molar-refractivity contribution < 1.29 is 4.39 Å². The summed E-state index contributed by atoms with van der Waals surface area (Å²) in [6, 6.07) is 6.50. The topological polar surface area (TPSA) is 34.9 Å². The highest BCUT2D eigenvalue weighted by atomic mass is 19.1. The smallest absolute Gasteiger partial charge is 0.281 e. The summed E-state index contributed by atoms with van der Waals surface area (Å²) >= 11 is 0. The fourth-order valence-electron chi connectivity index (χ4n) is 3.60. The van der Waals surface area contributed by atoms with E-state index in [0.29, 0.717) is 11.6 Å². The van der Waals surface area contributed by atoms with E-state index < -0.39 is 0 Å². The summed E-state index contributed by atoms with van der Waals surface area (Å²) in [7, 11) is 0. The van der Waals surface area contributed by atoms with Crippen molar-refractivity contribution in [3.05, 3.63) is 52.0 Å². The largest absolute Gasteiger partial charge is 0.330 e. The SMILES string of the molecule is Cc1nc(=O)c(-c2ccc(F)cc2)c(C)n1C1CCCCC1. The molecular weight excluding hydrogens is 279 g/mol. The van der Waals surface area contributed by atoms with Gasteiger partial charge in [-0.1, -0.05) is 31.4 Å². The molecule has 0 N–H and O–H groups in total. The Hall–Kier alpha value is -1.97. The fourth-order valence-corrected chi connectivity index (χ4v) is 3.60. The van der Waals surface area contributed by atoms with Crippen molar-refractivity contribution in [3.8, 4) is 11.1 Å².